The number of rotatable bonds is 6. The maximum atomic E-state index is 5.84. The molecular formula is C15H29NO2. The molecule has 1 aliphatic heterocycles. The lowest BCUT2D eigenvalue weighted by atomic mass is 9.61. The van der Waals surface area contributed by atoms with E-state index in [9.17, 15) is 0 Å². The van der Waals surface area contributed by atoms with Gasteiger partial charge in [0.15, 0.2) is 0 Å². The van der Waals surface area contributed by atoms with Gasteiger partial charge in [0.25, 0.3) is 0 Å². The molecule has 1 aliphatic carbocycles. The highest BCUT2D eigenvalue weighted by molar-refractivity contribution is 5.04. The summed E-state index contributed by atoms with van der Waals surface area (Å²) in [5, 5.41) is 3.76. The van der Waals surface area contributed by atoms with Crippen LogP contribution in [-0.2, 0) is 9.47 Å². The van der Waals surface area contributed by atoms with Crippen LogP contribution in [0.2, 0.25) is 0 Å². The Morgan fingerprint density at radius 2 is 2.22 bits per heavy atom. The fourth-order valence-corrected chi connectivity index (χ4v) is 3.34. The molecule has 2 rings (SSSR count). The average molecular weight is 255 g/mol. The van der Waals surface area contributed by atoms with Crippen molar-refractivity contribution in [2.24, 2.45) is 11.3 Å². The maximum Gasteiger partial charge on any atom is 0.0658 e. The Balaban J connectivity index is 1.76. The minimum atomic E-state index is 0.325. The summed E-state index contributed by atoms with van der Waals surface area (Å²) in [4.78, 5) is 0. The summed E-state index contributed by atoms with van der Waals surface area (Å²) in [5.41, 5.74) is 0.325. The first-order chi connectivity index (χ1) is 8.70. The lowest BCUT2D eigenvalue weighted by Crippen LogP contribution is -2.62. The van der Waals surface area contributed by atoms with Crippen LogP contribution < -0.4 is 5.32 Å². The van der Waals surface area contributed by atoms with Gasteiger partial charge in [-0.05, 0) is 38.5 Å². The van der Waals surface area contributed by atoms with Crippen LogP contribution in [-0.4, -0.2) is 38.5 Å². The van der Waals surface area contributed by atoms with E-state index in [1.807, 2.05) is 0 Å². The van der Waals surface area contributed by atoms with Crippen LogP contribution in [0.15, 0.2) is 0 Å². The molecule has 3 nitrogen and oxygen atoms in total. The van der Waals surface area contributed by atoms with Crippen LogP contribution in [0, 0.1) is 11.3 Å². The third kappa shape index (κ3) is 2.89. The zero-order valence-corrected chi connectivity index (χ0v) is 12.2. The predicted molar refractivity (Wildman–Crippen MR) is 73.8 cm³/mol. The molecule has 0 radical (unpaired) electrons. The largest absolute Gasteiger partial charge is 0.381 e. The summed E-state index contributed by atoms with van der Waals surface area (Å²) in [6, 6.07) is 0.626. The van der Waals surface area contributed by atoms with Gasteiger partial charge in [-0.1, -0.05) is 13.8 Å². The monoisotopic (exact) mass is 255 g/mol. The second-order valence-electron chi connectivity index (χ2n) is 6.08. The van der Waals surface area contributed by atoms with E-state index in [1.54, 1.807) is 0 Å². The molecule has 0 aromatic rings. The first-order valence-corrected chi connectivity index (χ1v) is 7.63. The van der Waals surface area contributed by atoms with E-state index in [0.717, 1.165) is 26.4 Å². The highest BCUT2D eigenvalue weighted by atomic mass is 16.5. The van der Waals surface area contributed by atoms with E-state index in [1.165, 1.54) is 25.7 Å². The van der Waals surface area contributed by atoms with Crippen LogP contribution in [0.4, 0.5) is 0 Å². The van der Waals surface area contributed by atoms with E-state index < -0.39 is 0 Å². The van der Waals surface area contributed by atoms with Crippen molar-refractivity contribution in [2.75, 3.05) is 26.4 Å². The number of hydrogen-bond acceptors (Lipinski definition) is 3. The number of ether oxygens (including phenoxy) is 2. The van der Waals surface area contributed by atoms with Gasteiger partial charge in [0.2, 0.25) is 0 Å². The van der Waals surface area contributed by atoms with Crippen molar-refractivity contribution in [3.8, 4) is 0 Å². The standard InChI is InChI=1S/C15H29NO2/c1-4-15(3)13(9-14(15)18-5-2)16-10-12-7-6-8-17-11-12/h12-14,16H,4-11H2,1-3H3. The molecule has 0 amide bonds. The van der Waals surface area contributed by atoms with Crippen molar-refractivity contribution in [1.82, 2.24) is 5.32 Å². The second-order valence-corrected chi connectivity index (χ2v) is 6.08. The summed E-state index contributed by atoms with van der Waals surface area (Å²) in [6.45, 7) is 10.6. The molecule has 2 fully saturated rings. The highest BCUT2D eigenvalue weighted by Crippen LogP contribution is 2.45. The van der Waals surface area contributed by atoms with Gasteiger partial charge >= 0.3 is 0 Å². The maximum absolute atomic E-state index is 5.84. The molecule has 1 N–H and O–H groups in total. The van der Waals surface area contributed by atoms with E-state index in [4.69, 9.17) is 9.47 Å². The van der Waals surface area contributed by atoms with E-state index >= 15 is 0 Å². The average Bonchev–Trinajstić information content (AvgIpc) is 2.42. The van der Waals surface area contributed by atoms with Crippen LogP contribution in [0.25, 0.3) is 0 Å². The normalized spacial score (nSPS) is 40.5. The Labute approximate surface area is 112 Å². The Hall–Kier alpha value is -0.120. The Bertz CT molecular complexity index is 253. The Morgan fingerprint density at radius 3 is 2.83 bits per heavy atom. The molecule has 0 aromatic carbocycles. The van der Waals surface area contributed by atoms with Gasteiger partial charge in [-0.3, -0.25) is 0 Å². The molecule has 4 atom stereocenters. The van der Waals surface area contributed by atoms with Gasteiger partial charge in [0, 0.05) is 31.2 Å². The van der Waals surface area contributed by atoms with Gasteiger partial charge in [0.05, 0.1) is 12.7 Å². The molecule has 2 aliphatic rings. The zero-order chi connectivity index (χ0) is 13.0. The minimum Gasteiger partial charge on any atom is -0.381 e. The molecule has 1 saturated heterocycles. The first-order valence-electron chi connectivity index (χ1n) is 7.63. The van der Waals surface area contributed by atoms with Crippen LogP contribution >= 0.6 is 0 Å². The Kier molecular flexibility index (Phi) is 5.05. The van der Waals surface area contributed by atoms with E-state index in [-0.39, 0.29) is 0 Å². The van der Waals surface area contributed by atoms with Crippen molar-refractivity contribution >= 4 is 0 Å². The number of nitrogens with one attached hydrogen (secondary N) is 1. The zero-order valence-electron chi connectivity index (χ0n) is 12.2. The molecule has 1 saturated carbocycles. The van der Waals surface area contributed by atoms with Gasteiger partial charge < -0.3 is 14.8 Å². The fraction of sp³-hybridized carbons (Fsp3) is 1.00. The summed E-state index contributed by atoms with van der Waals surface area (Å²) in [5.74, 6) is 0.714. The summed E-state index contributed by atoms with van der Waals surface area (Å²) in [7, 11) is 0. The summed E-state index contributed by atoms with van der Waals surface area (Å²) >= 11 is 0. The van der Waals surface area contributed by atoms with Crippen molar-refractivity contribution in [2.45, 2.75) is 58.6 Å². The lowest BCUT2D eigenvalue weighted by molar-refractivity contribution is -0.127. The molecule has 0 bridgehead atoms. The van der Waals surface area contributed by atoms with E-state index in [0.29, 0.717) is 23.5 Å². The van der Waals surface area contributed by atoms with Crippen molar-refractivity contribution in [3.63, 3.8) is 0 Å². The second kappa shape index (κ2) is 6.36. The van der Waals surface area contributed by atoms with Crippen molar-refractivity contribution in [3.05, 3.63) is 0 Å². The third-order valence-corrected chi connectivity index (χ3v) is 5.02. The van der Waals surface area contributed by atoms with Crippen LogP contribution in [0.3, 0.4) is 0 Å². The van der Waals surface area contributed by atoms with Gasteiger partial charge in [-0.2, -0.15) is 0 Å². The minimum absolute atomic E-state index is 0.325. The molecule has 0 aromatic heterocycles. The third-order valence-electron chi connectivity index (χ3n) is 5.02. The van der Waals surface area contributed by atoms with Gasteiger partial charge in [0.1, 0.15) is 0 Å². The van der Waals surface area contributed by atoms with Crippen LogP contribution in [0.1, 0.15) is 46.5 Å². The highest BCUT2D eigenvalue weighted by Gasteiger charge is 2.50. The molecule has 3 heteroatoms. The van der Waals surface area contributed by atoms with E-state index in [2.05, 4.69) is 26.1 Å². The fourth-order valence-electron chi connectivity index (χ4n) is 3.34. The SMILES string of the molecule is CCOC1CC(NCC2CCCOC2)C1(C)CC. The van der Waals surface area contributed by atoms with Crippen LogP contribution in [0.5, 0.6) is 0 Å². The molecular weight excluding hydrogens is 226 g/mol. The van der Waals surface area contributed by atoms with Crippen molar-refractivity contribution in [1.29, 1.82) is 0 Å². The molecule has 18 heavy (non-hydrogen) atoms. The molecule has 0 spiro atoms. The lowest BCUT2D eigenvalue weighted by Gasteiger charge is -2.54. The van der Waals surface area contributed by atoms with Gasteiger partial charge in [-0.15, -0.1) is 0 Å². The molecule has 1 heterocycles. The quantitative estimate of drug-likeness (QED) is 0.791. The predicted octanol–water partition coefficient (Wildman–Crippen LogP) is 2.60. The smallest absolute Gasteiger partial charge is 0.0658 e. The Morgan fingerprint density at radius 1 is 1.39 bits per heavy atom. The topological polar surface area (TPSA) is 30.5 Å². The summed E-state index contributed by atoms with van der Waals surface area (Å²) < 4.78 is 11.4. The molecule has 106 valence electrons. The van der Waals surface area contributed by atoms with Gasteiger partial charge in [-0.25, -0.2) is 0 Å². The first kappa shape index (κ1) is 14.3. The molecule has 4 unspecified atom stereocenters. The summed E-state index contributed by atoms with van der Waals surface area (Å²) in [6.07, 6.45) is 5.36. The van der Waals surface area contributed by atoms with Crippen molar-refractivity contribution < 1.29 is 9.47 Å². The number of hydrogen-bond donors (Lipinski definition) is 1.